The van der Waals surface area contributed by atoms with Gasteiger partial charge in [-0.05, 0) is 39.0 Å². The van der Waals surface area contributed by atoms with Crippen LogP contribution in [0, 0.1) is 12.8 Å². The standard InChI is InChI=1S/C19H28N6O3/c1-3-28-10-15(20)12-6-7-23(9-12)17-11(2)16-14(8-22-17)18(26)25(21)19(27)24(16)13-4-5-13/h8,12-13,15H,3-7,9-10,20-21H2,1-2H3. The number of ether oxygens (including phenoxy) is 1. The third kappa shape index (κ3) is 3.08. The fourth-order valence-electron chi connectivity index (χ4n) is 4.20. The van der Waals surface area contributed by atoms with Crippen LogP contribution in [0.25, 0.3) is 10.9 Å². The van der Waals surface area contributed by atoms with Gasteiger partial charge in [-0.25, -0.2) is 9.78 Å². The summed E-state index contributed by atoms with van der Waals surface area (Å²) in [6.45, 7) is 6.73. The van der Waals surface area contributed by atoms with Gasteiger partial charge in [0.25, 0.3) is 5.56 Å². The molecule has 2 aromatic heterocycles. The van der Waals surface area contributed by atoms with Gasteiger partial charge in [-0.2, -0.15) is 4.68 Å². The van der Waals surface area contributed by atoms with Crippen LogP contribution in [-0.2, 0) is 4.74 Å². The zero-order valence-corrected chi connectivity index (χ0v) is 16.4. The molecule has 2 atom stereocenters. The zero-order chi connectivity index (χ0) is 20.0. The molecule has 1 saturated carbocycles. The molecule has 0 bridgehead atoms. The summed E-state index contributed by atoms with van der Waals surface area (Å²) in [5.41, 5.74) is 6.83. The van der Waals surface area contributed by atoms with Crippen molar-refractivity contribution in [3.63, 3.8) is 0 Å². The topological polar surface area (TPSA) is 121 Å². The highest BCUT2D eigenvalue weighted by Gasteiger charge is 2.32. The van der Waals surface area contributed by atoms with E-state index in [1.807, 2.05) is 13.8 Å². The van der Waals surface area contributed by atoms with Crippen LogP contribution in [0.1, 0.15) is 37.8 Å². The zero-order valence-electron chi connectivity index (χ0n) is 16.4. The lowest BCUT2D eigenvalue weighted by molar-refractivity contribution is 0.119. The van der Waals surface area contributed by atoms with Crippen molar-refractivity contribution in [3.05, 3.63) is 32.6 Å². The lowest BCUT2D eigenvalue weighted by Gasteiger charge is -2.23. The van der Waals surface area contributed by atoms with E-state index >= 15 is 0 Å². The number of fused-ring (bicyclic) bond motifs is 1. The van der Waals surface area contributed by atoms with Gasteiger partial charge in [-0.15, -0.1) is 0 Å². The van der Waals surface area contributed by atoms with Crippen LogP contribution in [0.2, 0.25) is 0 Å². The van der Waals surface area contributed by atoms with Crippen molar-refractivity contribution in [1.82, 2.24) is 14.2 Å². The lowest BCUT2D eigenvalue weighted by Crippen LogP contribution is -2.44. The molecular weight excluding hydrogens is 360 g/mol. The van der Waals surface area contributed by atoms with E-state index < -0.39 is 11.2 Å². The molecule has 2 unspecified atom stereocenters. The van der Waals surface area contributed by atoms with E-state index in [1.54, 1.807) is 10.8 Å². The minimum atomic E-state index is -0.503. The first kappa shape index (κ1) is 18.9. The summed E-state index contributed by atoms with van der Waals surface area (Å²) in [6, 6.07) is 0.0880. The Bertz CT molecular complexity index is 1010. The predicted octanol–water partition coefficient (Wildman–Crippen LogP) is 0.105. The Hall–Kier alpha value is -2.39. The lowest BCUT2D eigenvalue weighted by atomic mass is 10.0. The molecule has 2 aromatic rings. The van der Waals surface area contributed by atoms with Crippen LogP contribution < -0.4 is 27.7 Å². The molecular formula is C19H28N6O3. The Morgan fingerprint density at radius 1 is 1.32 bits per heavy atom. The molecule has 1 aliphatic heterocycles. The van der Waals surface area contributed by atoms with Crippen molar-refractivity contribution in [1.29, 1.82) is 0 Å². The Balaban J connectivity index is 1.73. The third-order valence-electron chi connectivity index (χ3n) is 5.92. The fraction of sp³-hybridized carbons (Fsp3) is 0.632. The molecule has 1 aliphatic carbocycles. The van der Waals surface area contributed by atoms with E-state index in [2.05, 4.69) is 9.88 Å². The number of aromatic nitrogens is 3. The van der Waals surface area contributed by atoms with Gasteiger partial charge in [0, 0.05) is 43.5 Å². The maximum absolute atomic E-state index is 12.6. The second-order valence-electron chi connectivity index (χ2n) is 7.85. The number of nitrogens with zero attached hydrogens (tertiary/aromatic N) is 4. The van der Waals surface area contributed by atoms with E-state index in [4.69, 9.17) is 16.3 Å². The molecule has 4 rings (SSSR count). The Kier molecular flexibility index (Phi) is 4.88. The van der Waals surface area contributed by atoms with Crippen molar-refractivity contribution < 1.29 is 4.74 Å². The molecule has 28 heavy (non-hydrogen) atoms. The summed E-state index contributed by atoms with van der Waals surface area (Å²) >= 11 is 0. The van der Waals surface area contributed by atoms with Crippen molar-refractivity contribution in [2.24, 2.45) is 11.7 Å². The highest BCUT2D eigenvalue weighted by molar-refractivity contribution is 5.84. The molecule has 2 fully saturated rings. The van der Waals surface area contributed by atoms with Crippen LogP contribution in [0.4, 0.5) is 5.82 Å². The molecule has 152 valence electrons. The van der Waals surface area contributed by atoms with E-state index in [0.29, 0.717) is 34.7 Å². The van der Waals surface area contributed by atoms with E-state index in [0.717, 1.165) is 43.7 Å². The molecule has 0 amide bonds. The van der Waals surface area contributed by atoms with Crippen molar-refractivity contribution in [2.75, 3.05) is 37.0 Å². The number of hydrogen-bond donors (Lipinski definition) is 2. The number of hydrogen-bond acceptors (Lipinski definition) is 7. The van der Waals surface area contributed by atoms with Crippen molar-refractivity contribution >= 4 is 16.7 Å². The molecule has 0 aromatic carbocycles. The van der Waals surface area contributed by atoms with Crippen LogP contribution in [-0.4, -0.2) is 46.6 Å². The normalized spacial score (nSPS) is 20.8. The van der Waals surface area contributed by atoms with Gasteiger partial charge in [-0.3, -0.25) is 9.36 Å². The largest absolute Gasteiger partial charge is 0.380 e. The molecule has 0 radical (unpaired) electrons. The summed E-state index contributed by atoms with van der Waals surface area (Å²) < 4.78 is 7.84. The summed E-state index contributed by atoms with van der Waals surface area (Å²) in [4.78, 5) is 31.9. The Morgan fingerprint density at radius 2 is 2.07 bits per heavy atom. The third-order valence-corrected chi connectivity index (χ3v) is 5.92. The molecule has 4 N–H and O–H groups in total. The van der Waals surface area contributed by atoms with Crippen LogP contribution in [0.15, 0.2) is 15.8 Å². The number of aryl methyl sites for hydroxylation is 1. The molecule has 9 nitrogen and oxygen atoms in total. The van der Waals surface area contributed by atoms with E-state index in [9.17, 15) is 9.59 Å². The van der Waals surface area contributed by atoms with Crippen LogP contribution in [0.5, 0.6) is 0 Å². The fourth-order valence-corrected chi connectivity index (χ4v) is 4.20. The van der Waals surface area contributed by atoms with Crippen molar-refractivity contribution in [3.8, 4) is 0 Å². The minimum Gasteiger partial charge on any atom is -0.380 e. The van der Waals surface area contributed by atoms with Gasteiger partial charge in [0.15, 0.2) is 0 Å². The maximum atomic E-state index is 12.6. The number of nitrogens with two attached hydrogens (primary N) is 2. The second kappa shape index (κ2) is 7.21. The van der Waals surface area contributed by atoms with Gasteiger partial charge in [0.2, 0.25) is 0 Å². The second-order valence-corrected chi connectivity index (χ2v) is 7.85. The van der Waals surface area contributed by atoms with Gasteiger partial charge in [0.05, 0.1) is 17.5 Å². The molecule has 9 heteroatoms. The van der Waals surface area contributed by atoms with Crippen LogP contribution >= 0.6 is 0 Å². The van der Waals surface area contributed by atoms with Gasteiger partial charge >= 0.3 is 5.69 Å². The average Bonchev–Trinajstić information content (AvgIpc) is 3.40. The predicted molar refractivity (Wildman–Crippen MR) is 108 cm³/mol. The number of pyridine rings is 1. The first-order valence-corrected chi connectivity index (χ1v) is 9.94. The summed E-state index contributed by atoms with van der Waals surface area (Å²) in [7, 11) is 0. The molecule has 3 heterocycles. The quantitative estimate of drug-likeness (QED) is 0.673. The highest BCUT2D eigenvalue weighted by Crippen LogP contribution is 2.37. The minimum absolute atomic E-state index is 0.0141. The summed E-state index contributed by atoms with van der Waals surface area (Å²) in [5, 5.41) is 0.388. The maximum Gasteiger partial charge on any atom is 0.350 e. The van der Waals surface area contributed by atoms with E-state index in [1.165, 1.54) is 0 Å². The van der Waals surface area contributed by atoms with Gasteiger partial charge in [-0.1, -0.05) is 0 Å². The average molecular weight is 388 g/mol. The first-order chi connectivity index (χ1) is 13.4. The molecule has 0 spiro atoms. The number of rotatable bonds is 6. The Morgan fingerprint density at radius 3 is 2.75 bits per heavy atom. The first-order valence-electron chi connectivity index (χ1n) is 9.94. The van der Waals surface area contributed by atoms with Gasteiger partial charge in [0.1, 0.15) is 5.82 Å². The van der Waals surface area contributed by atoms with Crippen LogP contribution in [0.3, 0.4) is 0 Å². The monoisotopic (exact) mass is 388 g/mol. The Labute approximate surface area is 162 Å². The smallest absolute Gasteiger partial charge is 0.350 e. The SMILES string of the molecule is CCOCC(N)C1CCN(c2ncc3c(=O)n(N)c(=O)n(C4CC4)c3c2C)C1. The van der Waals surface area contributed by atoms with E-state index in [-0.39, 0.29) is 12.1 Å². The molecule has 1 saturated heterocycles. The summed E-state index contributed by atoms with van der Waals surface area (Å²) in [5.74, 6) is 6.86. The molecule has 2 aliphatic rings. The van der Waals surface area contributed by atoms with Crippen molar-refractivity contribution in [2.45, 2.75) is 45.2 Å². The van der Waals surface area contributed by atoms with Gasteiger partial charge < -0.3 is 21.2 Å². The number of nitrogen functional groups attached to an aromatic ring is 1. The highest BCUT2D eigenvalue weighted by atomic mass is 16.5. The number of anilines is 1. The summed E-state index contributed by atoms with van der Waals surface area (Å²) in [6.07, 6.45) is 4.35.